The number of halogens is 1. The van der Waals surface area contributed by atoms with Crippen LogP contribution in [0.2, 0.25) is 0 Å². The predicted octanol–water partition coefficient (Wildman–Crippen LogP) is 3.21. The van der Waals surface area contributed by atoms with Crippen molar-refractivity contribution < 1.29 is 19.0 Å². The maximum Gasteiger partial charge on any atom is 0.345 e. The van der Waals surface area contributed by atoms with Crippen LogP contribution in [0.25, 0.3) is 0 Å². The summed E-state index contributed by atoms with van der Waals surface area (Å²) in [5.41, 5.74) is 1.17. The molecule has 0 aliphatic carbocycles. The van der Waals surface area contributed by atoms with Gasteiger partial charge in [-0.2, -0.15) is 0 Å². The molecule has 0 saturated carbocycles. The minimum absolute atomic E-state index is 0.0175. The van der Waals surface area contributed by atoms with Gasteiger partial charge in [-0.1, -0.05) is 36.4 Å². The fraction of sp³-hybridized carbons (Fsp3) is 0.188. The van der Waals surface area contributed by atoms with Crippen LogP contribution in [0.15, 0.2) is 48.5 Å². The summed E-state index contributed by atoms with van der Waals surface area (Å²) >= 11 is 0. The van der Waals surface area contributed by atoms with Crippen LogP contribution >= 0.6 is 0 Å². The summed E-state index contributed by atoms with van der Waals surface area (Å²) in [4.78, 5) is 11.3. The van der Waals surface area contributed by atoms with E-state index in [0.29, 0.717) is 11.3 Å². The second kappa shape index (κ2) is 6.19. The van der Waals surface area contributed by atoms with E-state index in [1.165, 1.54) is 6.07 Å². The maximum atomic E-state index is 13.6. The average molecular weight is 274 g/mol. The van der Waals surface area contributed by atoms with Crippen molar-refractivity contribution in [3.8, 4) is 5.75 Å². The first-order valence-corrected chi connectivity index (χ1v) is 6.26. The number of hydrogen-bond donors (Lipinski definition) is 1. The Labute approximate surface area is 116 Å². The fourth-order valence-corrected chi connectivity index (χ4v) is 1.88. The normalized spacial score (nSPS) is 11.9. The molecule has 0 radical (unpaired) electrons. The highest BCUT2D eigenvalue weighted by Gasteiger charge is 2.22. The number of para-hydroxylation sites is 1. The molecule has 2 aromatic rings. The molecule has 0 heterocycles. The molecule has 2 aromatic carbocycles. The second-order valence-electron chi connectivity index (χ2n) is 4.51. The maximum absolute atomic E-state index is 13.6. The molecule has 4 heteroatoms. The van der Waals surface area contributed by atoms with Crippen molar-refractivity contribution in [1.29, 1.82) is 0 Å². The van der Waals surface area contributed by atoms with Gasteiger partial charge >= 0.3 is 5.97 Å². The molecule has 0 aliphatic heterocycles. The van der Waals surface area contributed by atoms with Crippen molar-refractivity contribution in [2.24, 2.45) is 0 Å². The van der Waals surface area contributed by atoms with Crippen LogP contribution in [0, 0.1) is 12.7 Å². The van der Waals surface area contributed by atoms with Gasteiger partial charge in [0.25, 0.3) is 0 Å². The summed E-state index contributed by atoms with van der Waals surface area (Å²) in [6.45, 7) is 1.83. The van der Waals surface area contributed by atoms with Gasteiger partial charge in [0.05, 0.1) is 0 Å². The third-order valence-electron chi connectivity index (χ3n) is 3.00. The topological polar surface area (TPSA) is 46.5 Å². The summed E-state index contributed by atoms with van der Waals surface area (Å²) in [5.74, 6) is -1.04. The Morgan fingerprint density at radius 3 is 2.50 bits per heavy atom. The Morgan fingerprint density at radius 1 is 1.20 bits per heavy atom. The largest absolute Gasteiger partial charge is 0.478 e. The van der Waals surface area contributed by atoms with Gasteiger partial charge in [0.15, 0.2) is 6.10 Å². The SMILES string of the molecule is Cc1ccccc1O[C@H](Cc1ccccc1F)C(=O)O. The van der Waals surface area contributed by atoms with Crippen LogP contribution in [0.5, 0.6) is 5.75 Å². The van der Waals surface area contributed by atoms with Crippen LogP contribution in [0.1, 0.15) is 11.1 Å². The van der Waals surface area contributed by atoms with Gasteiger partial charge in [0.1, 0.15) is 11.6 Å². The summed E-state index contributed by atoms with van der Waals surface area (Å²) in [6.07, 6.45) is -1.14. The Kier molecular flexibility index (Phi) is 4.35. The molecule has 2 rings (SSSR count). The Hall–Kier alpha value is -2.36. The smallest absolute Gasteiger partial charge is 0.345 e. The second-order valence-corrected chi connectivity index (χ2v) is 4.51. The van der Waals surface area contributed by atoms with Gasteiger partial charge in [-0.05, 0) is 30.2 Å². The number of rotatable bonds is 5. The number of carboxylic acids is 1. The monoisotopic (exact) mass is 274 g/mol. The van der Waals surface area contributed by atoms with E-state index in [-0.39, 0.29) is 6.42 Å². The molecule has 0 unspecified atom stereocenters. The molecule has 20 heavy (non-hydrogen) atoms. The lowest BCUT2D eigenvalue weighted by Crippen LogP contribution is -2.30. The number of benzene rings is 2. The summed E-state index contributed by atoms with van der Waals surface area (Å²) in [7, 11) is 0. The molecule has 104 valence electrons. The Balaban J connectivity index is 2.19. The zero-order chi connectivity index (χ0) is 14.5. The van der Waals surface area contributed by atoms with Crippen LogP contribution < -0.4 is 4.74 Å². The quantitative estimate of drug-likeness (QED) is 0.910. The molecule has 0 aromatic heterocycles. The van der Waals surface area contributed by atoms with E-state index in [4.69, 9.17) is 4.74 Å². The number of aliphatic carboxylic acids is 1. The number of ether oxygens (including phenoxy) is 1. The van der Waals surface area contributed by atoms with E-state index >= 15 is 0 Å². The summed E-state index contributed by atoms with van der Waals surface area (Å²) in [6, 6.07) is 13.2. The lowest BCUT2D eigenvalue weighted by molar-refractivity contribution is -0.145. The van der Waals surface area contributed by atoms with E-state index in [9.17, 15) is 14.3 Å². The molecule has 1 atom stereocenters. The molecule has 0 amide bonds. The van der Waals surface area contributed by atoms with Crippen LogP contribution in [0.3, 0.4) is 0 Å². The van der Waals surface area contributed by atoms with E-state index in [1.807, 2.05) is 19.1 Å². The predicted molar refractivity (Wildman–Crippen MR) is 73.3 cm³/mol. The highest BCUT2D eigenvalue weighted by molar-refractivity contribution is 5.73. The Morgan fingerprint density at radius 2 is 1.85 bits per heavy atom. The molecule has 0 saturated heterocycles. The van der Waals surface area contributed by atoms with Crippen molar-refractivity contribution >= 4 is 5.97 Å². The van der Waals surface area contributed by atoms with Crippen molar-refractivity contribution in [3.63, 3.8) is 0 Å². The first-order valence-electron chi connectivity index (χ1n) is 6.26. The highest BCUT2D eigenvalue weighted by Crippen LogP contribution is 2.20. The molecule has 3 nitrogen and oxygen atoms in total. The summed E-state index contributed by atoms with van der Waals surface area (Å²) in [5, 5.41) is 9.23. The average Bonchev–Trinajstić information content (AvgIpc) is 2.42. The van der Waals surface area contributed by atoms with E-state index in [2.05, 4.69) is 0 Å². The third kappa shape index (κ3) is 3.35. The van der Waals surface area contributed by atoms with Gasteiger partial charge in [0.2, 0.25) is 0 Å². The zero-order valence-corrected chi connectivity index (χ0v) is 11.0. The van der Waals surface area contributed by atoms with E-state index in [0.717, 1.165) is 5.56 Å². The van der Waals surface area contributed by atoms with Gasteiger partial charge in [-0.15, -0.1) is 0 Å². The molecular formula is C16H15FO3. The van der Waals surface area contributed by atoms with E-state index < -0.39 is 17.9 Å². The lowest BCUT2D eigenvalue weighted by atomic mass is 10.1. The number of aryl methyl sites for hydroxylation is 1. The Bertz CT molecular complexity index is 563. The number of carboxylic acid groups (broad SMARTS) is 1. The first-order chi connectivity index (χ1) is 9.58. The molecular weight excluding hydrogens is 259 g/mol. The zero-order valence-electron chi connectivity index (χ0n) is 11.0. The molecule has 0 bridgehead atoms. The molecule has 0 fully saturated rings. The standard InChI is InChI=1S/C16H15FO3/c1-11-6-2-5-9-14(11)20-15(16(18)19)10-12-7-3-4-8-13(12)17/h2-9,15H,10H2,1H3,(H,18,19)/t15-/m1/s1. The lowest BCUT2D eigenvalue weighted by Gasteiger charge is -2.17. The van der Waals surface area contributed by atoms with Crippen molar-refractivity contribution in [3.05, 3.63) is 65.5 Å². The molecule has 0 spiro atoms. The number of carbonyl (C=O) groups is 1. The first kappa shape index (κ1) is 14.1. The van der Waals surface area contributed by atoms with Crippen molar-refractivity contribution in [2.75, 3.05) is 0 Å². The van der Waals surface area contributed by atoms with Crippen molar-refractivity contribution in [2.45, 2.75) is 19.4 Å². The minimum Gasteiger partial charge on any atom is -0.478 e. The summed E-state index contributed by atoms with van der Waals surface area (Å²) < 4.78 is 19.1. The molecule has 0 aliphatic rings. The van der Waals surface area contributed by atoms with Gasteiger partial charge < -0.3 is 9.84 Å². The van der Waals surface area contributed by atoms with Crippen LogP contribution in [-0.2, 0) is 11.2 Å². The molecule has 1 N–H and O–H groups in total. The minimum atomic E-state index is -1.12. The van der Waals surface area contributed by atoms with Gasteiger partial charge in [-0.25, -0.2) is 9.18 Å². The van der Waals surface area contributed by atoms with E-state index in [1.54, 1.807) is 30.3 Å². The van der Waals surface area contributed by atoms with Gasteiger partial charge in [-0.3, -0.25) is 0 Å². The van der Waals surface area contributed by atoms with Crippen LogP contribution in [0.4, 0.5) is 4.39 Å². The third-order valence-corrected chi connectivity index (χ3v) is 3.00. The fourth-order valence-electron chi connectivity index (χ4n) is 1.88. The number of hydrogen-bond acceptors (Lipinski definition) is 2. The highest BCUT2D eigenvalue weighted by atomic mass is 19.1. The van der Waals surface area contributed by atoms with Gasteiger partial charge in [0, 0.05) is 6.42 Å². The van der Waals surface area contributed by atoms with Crippen molar-refractivity contribution in [1.82, 2.24) is 0 Å². The van der Waals surface area contributed by atoms with Crippen LogP contribution in [-0.4, -0.2) is 17.2 Å².